The molecule has 0 atom stereocenters. The summed E-state index contributed by atoms with van der Waals surface area (Å²) < 4.78 is 0. The molecule has 0 saturated carbocycles. The van der Waals surface area contributed by atoms with Crippen LogP contribution in [0.4, 0.5) is 0 Å². The minimum absolute atomic E-state index is 0.0439. The number of hydrogen-bond donors (Lipinski definition) is 3. The molecule has 1 heterocycles. The van der Waals surface area contributed by atoms with Crippen LogP contribution in [0.1, 0.15) is 12.1 Å². The SMILES string of the molecule is NSCCC(=O)NCCc1cnc[nH]1. The molecule has 0 aliphatic carbocycles. The standard InChI is InChI=1S/C8H14N4OS/c9-14-4-2-8(13)11-3-1-7-5-10-6-12-7/h5-6H,1-4,9H2,(H,10,12)(H,11,13). The van der Waals surface area contributed by atoms with E-state index in [9.17, 15) is 4.79 Å². The minimum atomic E-state index is 0.0439. The number of aromatic amines is 1. The molecule has 1 aromatic rings. The van der Waals surface area contributed by atoms with E-state index in [-0.39, 0.29) is 5.91 Å². The third-order valence-electron chi connectivity index (χ3n) is 1.72. The van der Waals surface area contributed by atoms with Gasteiger partial charge in [-0.3, -0.25) is 9.93 Å². The number of nitrogens with zero attached hydrogens (tertiary/aromatic N) is 1. The molecular weight excluding hydrogens is 200 g/mol. The van der Waals surface area contributed by atoms with Crippen molar-refractivity contribution in [2.24, 2.45) is 5.14 Å². The molecule has 0 unspecified atom stereocenters. The summed E-state index contributed by atoms with van der Waals surface area (Å²) in [6, 6.07) is 0. The Kier molecular flexibility index (Phi) is 5.09. The predicted molar refractivity (Wildman–Crippen MR) is 56.6 cm³/mol. The Morgan fingerprint density at radius 1 is 1.71 bits per heavy atom. The lowest BCUT2D eigenvalue weighted by Gasteiger charge is -2.02. The first kappa shape index (κ1) is 11.1. The lowest BCUT2D eigenvalue weighted by molar-refractivity contribution is -0.120. The van der Waals surface area contributed by atoms with Gasteiger partial charge < -0.3 is 10.3 Å². The number of carbonyl (C=O) groups excluding carboxylic acids is 1. The van der Waals surface area contributed by atoms with Gasteiger partial charge in [0.2, 0.25) is 5.91 Å². The third-order valence-corrected chi connectivity index (χ3v) is 2.16. The first-order valence-electron chi connectivity index (χ1n) is 4.38. The monoisotopic (exact) mass is 214 g/mol. The van der Waals surface area contributed by atoms with Crippen molar-refractivity contribution in [1.29, 1.82) is 0 Å². The first-order valence-corrected chi connectivity index (χ1v) is 5.43. The maximum atomic E-state index is 11.1. The van der Waals surface area contributed by atoms with E-state index in [1.807, 2.05) is 0 Å². The molecular formula is C8H14N4OS. The van der Waals surface area contributed by atoms with Crippen LogP contribution >= 0.6 is 11.9 Å². The molecule has 0 aliphatic rings. The summed E-state index contributed by atoms with van der Waals surface area (Å²) in [6.45, 7) is 0.635. The van der Waals surface area contributed by atoms with E-state index in [0.717, 1.165) is 12.1 Å². The molecule has 14 heavy (non-hydrogen) atoms. The zero-order valence-corrected chi connectivity index (χ0v) is 8.64. The topological polar surface area (TPSA) is 83.8 Å². The minimum Gasteiger partial charge on any atom is -0.356 e. The second kappa shape index (κ2) is 6.44. The fraction of sp³-hybridized carbons (Fsp3) is 0.500. The van der Waals surface area contributed by atoms with Gasteiger partial charge in [-0.05, 0) is 0 Å². The molecule has 0 spiro atoms. The second-order valence-corrected chi connectivity index (χ2v) is 3.54. The number of H-pyrrole nitrogens is 1. The van der Waals surface area contributed by atoms with Crippen LogP contribution in [0.5, 0.6) is 0 Å². The summed E-state index contributed by atoms with van der Waals surface area (Å²) in [5.74, 6) is 0.707. The second-order valence-electron chi connectivity index (χ2n) is 2.80. The molecule has 4 N–H and O–H groups in total. The van der Waals surface area contributed by atoms with Crippen LogP contribution in [0, 0.1) is 0 Å². The number of nitrogens with one attached hydrogen (secondary N) is 2. The van der Waals surface area contributed by atoms with Gasteiger partial charge in [0.05, 0.1) is 6.33 Å². The molecule has 0 radical (unpaired) electrons. The van der Waals surface area contributed by atoms with E-state index in [0.29, 0.717) is 18.7 Å². The van der Waals surface area contributed by atoms with Crippen molar-refractivity contribution in [2.45, 2.75) is 12.8 Å². The highest BCUT2D eigenvalue weighted by molar-refractivity contribution is 7.97. The normalized spacial score (nSPS) is 10.1. The smallest absolute Gasteiger partial charge is 0.220 e. The van der Waals surface area contributed by atoms with Crippen molar-refractivity contribution in [3.05, 3.63) is 18.2 Å². The maximum absolute atomic E-state index is 11.1. The van der Waals surface area contributed by atoms with Gasteiger partial charge >= 0.3 is 0 Å². The molecule has 0 aliphatic heterocycles. The van der Waals surface area contributed by atoms with E-state index >= 15 is 0 Å². The van der Waals surface area contributed by atoms with E-state index in [2.05, 4.69) is 15.3 Å². The molecule has 78 valence electrons. The largest absolute Gasteiger partial charge is 0.356 e. The summed E-state index contributed by atoms with van der Waals surface area (Å²) in [7, 11) is 0. The van der Waals surface area contributed by atoms with Crippen LogP contribution in [0.25, 0.3) is 0 Å². The van der Waals surface area contributed by atoms with Gasteiger partial charge in [0.25, 0.3) is 0 Å². The molecule has 0 saturated heterocycles. The third kappa shape index (κ3) is 4.29. The van der Waals surface area contributed by atoms with Gasteiger partial charge in [-0.15, -0.1) is 0 Å². The molecule has 6 heteroatoms. The quantitative estimate of drug-likeness (QED) is 0.585. The fourth-order valence-electron chi connectivity index (χ4n) is 0.998. The van der Waals surface area contributed by atoms with Gasteiger partial charge in [-0.2, -0.15) is 0 Å². The van der Waals surface area contributed by atoms with Gasteiger partial charge in [0.15, 0.2) is 0 Å². The molecule has 1 rings (SSSR count). The van der Waals surface area contributed by atoms with Crippen molar-refractivity contribution in [2.75, 3.05) is 12.3 Å². The number of hydrogen-bond acceptors (Lipinski definition) is 4. The molecule has 0 fully saturated rings. The summed E-state index contributed by atoms with van der Waals surface area (Å²) in [4.78, 5) is 18.0. The Bertz CT molecular complexity index is 262. The van der Waals surface area contributed by atoms with E-state index < -0.39 is 0 Å². The maximum Gasteiger partial charge on any atom is 0.220 e. The Morgan fingerprint density at radius 3 is 3.21 bits per heavy atom. The van der Waals surface area contributed by atoms with Crippen LogP contribution in [0.3, 0.4) is 0 Å². The van der Waals surface area contributed by atoms with Crippen LogP contribution in [0.15, 0.2) is 12.5 Å². The highest BCUT2D eigenvalue weighted by atomic mass is 32.2. The summed E-state index contributed by atoms with van der Waals surface area (Å²) in [5, 5.41) is 8.01. The lowest BCUT2D eigenvalue weighted by Crippen LogP contribution is -2.26. The highest BCUT2D eigenvalue weighted by Crippen LogP contribution is 1.93. The average Bonchev–Trinajstić information content (AvgIpc) is 2.67. The van der Waals surface area contributed by atoms with Crippen LogP contribution in [0.2, 0.25) is 0 Å². The van der Waals surface area contributed by atoms with Gasteiger partial charge in [0.1, 0.15) is 0 Å². The van der Waals surface area contributed by atoms with Gasteiger partial charge in [0, 0.05) is 37.0 Å². The Morgan fingerprint density at radius 2 is 2.57 bits per heavy atom. The zero-order chi connectivity index (χ0) is 10.2. The lowest BCUT2D eigenvalue weighted by atomic mass is 10.3. The summed E-state index contributed by atoms with van der Waals surface area (Å²) in [6.07, 6.45) is 4.63. The van der Waals surface area contributed by atoms with Crippen LogP contribution in [-0.4, -0.2) is 28.2 Å². The van der Waals surface area contributed by atoms with Gasteiger partial charge in [-0.25, -0.2) is 4.98 Å². The van der Waals surface area contributed by atoms with Crippen molar-refractivity contribution in [3.8, 4) is 0 Å². The van der Waals surface area contributed by atoms with Crippen molar-refractivity contribution >= 4 is 17.9 Å². The van der Waals surface area contributed by atoms with Crippen molar-refractivity contribution < 1.29 is 4.79 Å². The highest BCUT2D eigenvalue weighted by Gasteiger charge is 2.00. The number of imidazole rings is 1. The van der Waals surface area contributed by atoms with Crippen molar-refractivity contribution in [3.63, 3.8) is 0 Å². The Balaban J connectivity index is 2.06. The van der Waals surface area contributed by atoms with E-state index in [4.69, 9.17) is 5.14 Å². The number of aromatic nitrogens is 2. The van der Waals surface area contributed by atoms with Crippen LogP contribution < -0.4 is 10.5 Å². The average molecular weight is 214 g/mol. The molecule has 1 aromatic heterocycles. The molecule has 0 bridgehead atoms. The van der Waals surface area contributed by atoms with Gasteiger partial charge in [-0.1, -0.05) is 11.9 Å². The zero-order valence-electron chi connectivity index (χ0n) is 7.82. The first-order chi connectivity index (χ1) is 6.83. The Hall–Kier alpha value is -1.01. The van der Waals surface area contributed by atoms with Crippen LogP contribution in [-0.2, 0) is 11.2 Å². The number of rotatable bonds is 6. The summed E-state index contributed by atoms with van der Waals surface area (Å²) >= 11 is 1.18. The molecule has 0 aromatic carbocycles. The number of nitrogens with two attached hydrogens (primary N) is 1. The molecule has 1 amide bonds. The summed E-state index contributed by atoms with van der Waals surface area (Å²) in [5.41, 5.74) is 1.03. The number of carbonyl (C=O) groups is 1. The van der Waals surface area contributed by atoms with E-state index in [1.54, 1.807) is 12.5 Å². The Labute approximate surface area is 87.0 Å². The fourth-order valence-corrected chi connectivity index (χ4v) is 1.30. The number of amides is 1. The predicted octanol–water partition coefficient (Wildman–Crippen LogP) is 0.0654. The van der Waals surface area contributed by atoms with Crippen molar-refractivity contribution in [1.82, 2.24) is 15.3 Å². The molecule has 5 nitrogen and oxygen atoms in total. The van der Waals surface area contributed by atoms with E-state index in [1.165, 1.54) is 11.9 Å².